The van der Waals surface area contributed by atoms with Gasteiger partial charge in [-0.1, -0.05) is 146 Å². The maximum Gasteiger partial charge on any atom is 0.160 e. The Kier molecular flexibility index (Phi) is 7.17. The van der Waals surface area contributed by atoms with Gasteiger partial charge < -0.3 is 13.7 Å². The molecule has 0 N–H and O–H groups in total. The second-order valence-corrected chi connectivity index (χ2v) is 14.1. The lowest BCUT2D eigenvalue weighted by Crippen LogP contribution is -2.12. The minimum Gasteiger partial charge on any atom is -0.456 e. The molecule has 0 saturated carbocycles. The Labute approximate surface area is 317 Å². The van der Waals surface area contributed by atoms with Crippen molar-refractivity contribution >= 4 is 71.7 Å². The van der Waals surface area contributed by atoms with E-state index in [-0.39, 0.29) is 0 Å². The third-order valence-electron chi connectivity index (χ3n) is 10.9. The summed E-state index contributed by atoms with van der Waals surface area (Å²) in [4.78, 5) is 2.37. The molecule has 0 amide bonds. The first-order valence-corrected chi connectivity index (χ1v) is 18.7. The Morgan fingerprint density at radius 1 is 0.309 bits per heavy atom. The molecular weight excluding hydrogens is 671 g/mol. The van der Waals surface area contributed by atoms with Crippen LogP contribution < -0.4 is 4.90 Å². The number of hydrogen-bond donors (Lipinski definition) is 0. The van der Waals surface area contributed by atoms with Crippen LogP contribution in [0.5, 0.6) is 0 Å². The van der Waals surface area contributed by atoms with Crippen LogP contribution in [0.2, 0.25) is 0 Å². The van der Waals surface area contributed by atoms with Gasteiger partial charge in [-0.25, -0.2) is 0 Å². The first-order valence-electron chi connectivity index (χ1n) is 18.7. The number of anilines is 3. The maximum absolute atomic E-state index is 6.93. The molecule has 0 fully saturated rings. The van der Waals surface area contributed by atoms with Crippen LogP contribution >= 0.6 is 0 Å². The number of hydrogen-bond acceptors (Lipinski definition) is 3. The van der Waals surface area contributed by atoms with Gasteiger partial charge in [0.25, 0.3) is 0 Å². The molecule has 0 aliphatic carbocycles. The van der Waals surface area contributed by atoms with Gasteiger partial charge >= 0.3 is 0 Å². The molecule has 11 aromatic rings. The van der Waals surface area contributed by atoms with E-state index in [1.54, 1.807) is 0 Å². The smallest absolute Gasteiger partial charge is 0.160 e. The van der Waals surface area contributed by atoms with Gasteiger partial charge in [-0.3, -0.25) is 0 Å². The maximum atomic E-state index is 6.93. The lowest BCUT2D eigenvalue weighted by molar-refractivity contribution is 0.669. The highest BCUT2D eigenvalue weighted by molar-refractivity contribution is 6.15. The Morgan fingerprint density at radius 2 is 0.927 bits per heavy atom. The fourth-order valence-electron chi connectivity index (χ4n) is 8.23. The highest BCUT2D eigenvalue weighted by Gasteiger charge is 2.26. The van der Waals surface area contributed by atoms with Gasteiger partial charge in [0.15, 0.2) is 5.58 Å². The van der Waals surface area contributed by atoms with Crippen LogP contribution in [-0.2, 0) is 0 Å². The van der Waals surface area contributed by atoms with Gasteiger partial charge in [-0.2, -0.15) is 0 Å². The molecule has 3 heteroatoms. The predicted molar refractivity (Wildman–Crippen MR) is 229 cm³/mol. The summed E-state index contributed by atoms with van der Waals surface area (Å²) in [5.74, 6) is 0. The summed E-state index contributed by atoms with van der Waals surface area (Å²) in [5.41, 5.74) is 13.3. The quantitative estimate of drug-likeness (QED) is 0.173. The van der Waals surface area contributed by atoms with Crippen molar-refractivity contribution in [3.05, 3.63) is 200 Å². The molecule has 2 heterocycles. The summed E-state index contributed by atoms with van der Waals surface area (Å²) in [6, 6.07) is 71.0. The van der Waals surface area contributed by atoms with Crippen LogP contribution in [0.1, 0.15) is 0 Å². The largest absolute Gasteiger partial charge is 0.456 e. The molecule has 11 rings (SSSR count). The van der Waals surface area contributed by atoms with Crippen LogP contribution in [-0.4, -0.2) is 0 Å². The number of rotatable bonds is 6. The van der Waals surface area contributed by atoms with Gasteiger partial charge in [-0.05, 0) is 93.2 Å². The number of nitrogens with zero attached hydrogens (tertiary/aromatic N) is 1. The molecule has 0 aliphatic rings. The van der Waals surface area contributed by atoms with Gasteiger partial charge in [0.2, 0.25) is 0 Å². The van der Waals surface area contributed by atoms with Crippen molar-refractivity contribution < 1.29 is 8.83 Å². The van der Waals surface area contributed by atoms with E-state index >= 15 is 0 Å². The number of furan rings is 2. The van der Waals surface area contributed by atoms with Crippen molar-refractivity contribution in [2.75, 3.05) is 4.90 Å². The van der Waals surface area contributed by atoms with E-state index in [1.165, 1.54) is 16.3 Å². The van der Waals surface area contributed by atoms with Gasteiger partial charge in [0.05, 0.1) is 5.69 Å². The van der Waals surface area contributed by atoms with Crippen LogP contribution in [0.15, 0.2) is 209 Å². The predicted octanol–water partition coefficient (Wildman–Crippen LogP) is 15.1. The van der Waals surface area contributed by atoms with Crippen LogP contribution in [0.3, 0.4) is 0 Å². The molecule has 55 heavy (non-hydrogen) atoms. The Hall–Kier alpha value is -7.36. The van der Waals surface area contributed by atoms with Gasteiger partial charge in [0.1, 0.15) is 16.7 Å². The molecule has 0 radical (unpaired) electrons. The number of para-hydroxylation sites is 2. The molecule has 0 bridgehead atoms. The lowest BCUT2D eigenvalue weighted by atomic mass is 9.92. The molecule has 9 aromatic carbocycles. The van der Waals surface area contributed by atoms with E-state index in [1.807, 2.05) is 18.2 Å². The van der Waals surface area contributed by atoms with Crippen LogP contribution in [0, 0.1) is 0 Å². The fourth-order valence-corrected chi connectivity index (χ4v) is 8.23. The second kappa shape index (κ2) is 12.6. The fraction of sp³-hybridized carbons (Fsp3) is 0. The van der Waals surface area contributed by atoms with Crippen molar-refractivity contribution in [3.63, 3.8) is 0 Å². The summed E-state index contributed by atoms with van der Waals surface area (Å²) >= 11 is 0. The van der Waals surface area contributed by atoms with Crippen molar-refractivity contribution in [2.24, 2.45) is 0 Å². The van der Waals surface area contributed by atoms with Gasteiger partial charge in [0, 0.05) is 38.5 Å². The normalized spacial score (nSPS) is 11.6. The summed E-state index contributed by atoms with van der Waals surface area (Å²) in [6.45, 7) is 0. The minimum absolute atomic E-state index is 0.831. The monoisotopic (exact) mass is 703 g/mol. The van der Waals surface area contributed by atoms with E-state index in [0.717, 1.165) is 88.8 Å². The molecule has 0 atom stereocenters. The van der Waals surface area contributed by atoms with Crippen molar-refractivity contribution in [1.29, 1.82) is 0 Å². The first kappa shape index (κ1) is 31.2. The average molecular weight is 704 g/mol. The Balaban J connectivity index is 1.20. The molecule has 0 aliphatic heterocycles. The molecule has 0 unspecified atom stereocenters. The molecule has 258 valence electrons. The second-order valence-electron chi connectivity index (χ2n) is 14.1. The van der Waals surface area contributed by atoms with Crippen LogP contribution in [0.4, 0.5) is 17.1 Å². The zero-order valence-electron chi connectivity index (χ0n) is 29.8. The van der Waals surface area contributed by atoms with Crippen molar-refractivity contribution in [2.45, 2.75) is 0 Å². The average Bonchev–Trinajstić information content (AvgIpc) is 3.83. The molecule has 3 nitrogen and oxygen atoms in total. The molecule has 0 saturated heterocycles. The van der Waals surface area contributed by atoms with Gasteiger partial charge in [-0.15, -0.1) is 0 Å². The third kappa shape index (κ3) is 5.20. The highest BCUT2D eigenvalue weighted by atomic mass is 16.3. The SMILES string of the molecule is c1ccc(-c2ccccc2-c2ccc3c(oc4ccccc43)c2N(c2ccc(-c3ccc4ccccc4c3)cc2)c2ccc3oc4ccccc4c3c2)cc1. The zero-order valence-corrected chi connectivity index (χ0v) is 29.8. The molecular formula is C52H33NO2. The van der Waals surface area contributed by atoms with Crippen molar-refractivity contribution in [3.8, 4) is 33.4 Å². The van der Waals surface area contributed by atoms with Crippen molar-refractivity contribution in [1.82, 2.24) is 0 Å². The zero-order chi connectivity index (χ0) is 36.3. The summed E-state index contributed by atoms with van der Waals surface area (Å²) in [6.07, 6.45) is 0. The highest BCUT2D eigenvalue weighted by Crippen LogP contribution is 2.50. The minimum atomic E-state index is 0.831. The van der Waals surface area contributed by atoms with E-state index in [4.69, 9.17) is 8.83 Å². The van der Waals surface area contributed by atoms with E-state index in [0.29, 0.717) is 0 Å². The molecule has 2 aromatic heterocycles. The lowest BCUT2D eigenvalue weighted by Gasteiger charge is -2.29. The van der Waals surface area contributed by atoms with Crippen LogP contribution in [0.25, 0.3) is 88.0 Å². The molecule has 0 spiro atoms. The van der Waals surface area contributed by atoms with E-state index < -0.39 is 0 Å². The first-order chi connectivity index (χ1) is 27.3. The number of fused-ring (bicyclic) bond motifs is 7. The van der Waals surface area contributed by atoms with E-state index in [9.17, 15) is 0 Å². The topological polar surface area (TPSA) is 29.5 Å². The Morgan fingerprint density at radius 3 is 1.75 bits per heavy atom. The van der Waals surface area contributed by atoms with E-state index in [2.05, 4.69) is 187 Å². The summed E-state index contributed by atoms with van der Waals surface area (Å²) in [7, 11) is 0. The third-order valence-corrected chi connectivity index (χ3v) is 10.9. The standard InChI is InChI=1S/C52H33NO2/c1-2-13-36(14-3-1)41-16-6-7-17-42(41)45-29-30-46-43-18-8-11-21-49(43)55-52(46)51(45)53(40-28-31-50-47(33-40)44-19-9-10-20-48(44)54-50)39-26-24-35(25-27-39)38-23-22-34-12-4-5-15-37(34)32-38/h1-33H. The Bertz CT molecular complexity index is 3210. The number of benzene rings is 9. The summed E-state index contributed by atoms with van der Waals surface area (Å²) < 4.78 is 13.3. The summed E-state index contributed by atoms with van der Waals surface area (Å²) in [5, 5.41) is 6.77.